The largest absolute Gasteiger partial charge is 0.334 e. The summed E-state index contributed by atoms with van der Waals surface area (Å²) in [6.45, 7) is 5.95. The first-order chi connectivity index (χ1) is 9.79. The van der Waals surface area contributed by atoms with E-state index in [2.05, 4.69) is 24.5 Å². The molecular formula is C14H21ClN2O2S2. The quantitative estimate of drug-likeness (QED) is 0.770. The highest BCUT2D eigenvalue weighted by atomic mass is 35.5. The van der Waals surface area contributed by atoms with E-state index in [1.54, 1.807) is 30.2 Å². The van der Waals surface area contributed by atoms with E-state index in [4.69, 9.17) is 11.6 Å². The predicted molar refractivity (Wildman–Crippen MR) is 93.0 cm³/mol. The third kappa shape index (κ3) is 6.72. The van der Waals surface area contributed by atoms with Gasteiger partial charge in [-0.05, 0) is 19.1 Å². The number of benzene rings is 1. The molecule has 0 bridgehead atoms. The van der Waals surface area contributed by atoms with Gasteiger partial charge in [-0.2, -0.15) is 0 Å². The Hall–Kier alpha value is -0.720. The average molecular weight is 349 g/mol. The number of carbonyl (C=O) groups excluding carboxylic acids is 1. The van der Waals surface area contributed by atoms with E-state index in [9.17, 15) is 9.00 Å². The number of hydrogen-bond acceptors (Lipinski definition) is 3. The van der Waals surface area contributed by atoms with Gasteiger partial charge in [0, 0.05) is 39.0 Å². The molecular weight excluding hydrogens is 328 g/mol. The lowest BCUT2D eigenvalue weighted by Crippen LogP contribution is -2.39. The molecule has 0 saturated carbocycles. The fourth-order valence-corrected chi connectivity index (χ4v) is 3.73. The summed E-state index contributed by atoms with van der Waals surface area (Å²) in [6.07, 6.45) is 1.62. The summed E-state index contributed by atoms with van der Waals surface area (Å²) < 4.78 is 11.1. The molecule has 7 heteroatoms. The van der Waals surface area contributed by atoms with Crippen LogP contribution in [-0.2, 0) is 10.8 Å². The van der Waals surface area contributed by atoms with Crippen LogP contribution in [0.5, 0.6) is 0 Å². The van der Waals surface area contributed by atoms with Crippen LogP contribution in [0.25, 0.3) is 0 Å². The van der Waals surface area contributed by atoms with Crippen LogP contribution in [0.4, 0.5) is 10.5 Å². The Morgan fingerprint density at radius 3 is 2.62 bits per heavy atom. The minimum absolute atomic E-state index is 0.156. The maximum atomic E-state index is 12.0. The van der Waals surface area contributed by atoms with Gasteiger partial charge in [-0.3, -0.25) is 4.21 Å². The summed E-state index contributed by atoms with van der Waals surface area (Å²) >= 11 is 7.80. The highest BCUT2D eigenvalue weighted by molar-refractivity contribution is 8.00. The van der Waals surface area contributed by atoms with E-state index in [1.807, 2.05) is 13.0 Å². The highest BCUT2D eigenvalue weighted by Gasteiger charge is 2.14. The second-order valence-electron chi connectivity index (χ2n) is 5.02. The highest BCUT2D eigenvalue weighted by Crippen LogP contribution is 2.36. The second-order valence-corrected chi connectivity index (χ2v) is 8.50. The van der Waals surface area contributed by atoms with Crippen molar-refractivity contribution in [1.82, 2.24) is 5.32 Å². The molecule has 1 rings (SSSR count). The van der Waals surface area contributed by atoms with Gasteiger partial charge in [-0.15, -0.1) is 11.8 Å². The fourth-order valence-electron chi connectivity index (χ4n) is 1.74. The van der Waals surface area contributed by atoms with Gasteiger partial charge in [-0.25, -0.2) is 4.79 Å². The predicted octanol–water partition coefficient (Wildman–Crippen LogP) is 3.73. The Morgan fingerprint density at radius 1 is 1.38 bits per heavy atom. The molecule has 0 unspecified atom stereocenters. The van der Waals surface area contributed by atoms with Crippen LogP contribution in [0.1, 0.15) is 20.8 Å². The molecule has 0 aliphatic heterocycles. The van der Waals surface area contributed by atoms with Crippen LogP contribution >= 0.6 is 23.4 Å². The van der Waals surface area contributed by atoms with Crippen LogP contribution < -0.4 is 10.6 Å². The van der Waals surface area contributed by atoms with E-state index in [-0.39, 0.29) is 12.1 Å². The molecule has 2 atom stereocenters. The van der Waals surface area contributed by atoms with Crippen molar-refractivity contribution in [2.24, 2.45) is 0 Å². The molecule has 0 spiro atoms. The molecule has 118 valence electrons. The SMILES string of the molecule is CC(C)Sc1c(Cl)cccc1NC(=O)N[C@@H](C)C[S@@](C)=O. The van der Waals surface area contributed by atoms with Gasteiger partial charge >= 0.3 is 6.03 Å². The van der Waals surface area contributed by atoms with Crippen molar-refractivity contribution >= 4 is 45.9 Å². The maximum absolute atomic E-state index is 12.0. The molecule has 4 nitrogen and oxygen atoms in total. The minimum Gasteiger partial charge on any atom is -0.334 e. The molecule has 2 amide bonds. The number of rotatable bonds is 6. The molecule has 0 aromatic heterocycles. The first-order valence-corrected chi connectivity index (χ1v) is 9.60. The van der Waals surface area contributed by atoms with E-state index in [0.29, 0.717) is 21.7 Å². The fraction of sp³-hybridized carbons (Fsp3) is 0.500. The smallest absolute Gasteiger partial charge is 0.319 e. The van der Waals surface area contributed by atoms with Gasteiger partial charge < -0.3 is 10.6 Å². The van der Waals surface area contributed by atoms with Gasteiger partial charge in [0.1, 0.15) is 0 Å². The third-order valence-corrected chi connectivity index (χ3v) is 4.97. The molecule has 1 aromatic carbocycles. The van der Waals surface area contributed by atoms with Crippen molar-refractivity contribution < 1.29 is 9.00 Å². The van der Waals surface area contributed by atoms with E-state index in [0.717, 1.165) is 4.90 Å². The van der Waals surface area contributed by atoms with Gasteiger partial charge in [-0.1, -0.05) is 31.5 Å². The zero-order valence-electron chi connectivity index (χ0n) is 12.6. The molecule has 0 fully saturated rings. The van der Waals surface area contributed by atoms with Crippen molar-refractivity contribution in [3.8, 4) is 0 Å². The first-order valence-electron chi connectivity index (χ1n) is 6.62. The third-order valence-electron chi connectivity index (χ3n) is 2.43. The Morgan fingerprint density at radius 2 is 2.05 bits per heavy atom. The lowest BCUT2D eigenvalue weighted by molar-refractivity contribution is 0.250. The Balaban J connectivity index is 2.76. The van der Waals surface area contributed by atoms with Crippen molar-refractivity contribution in [3.63, 3.8) is 0 Å². The second kappa shape index (κ2) is 8.66. The summed E-state index contributed by atoms with van der Waals surface area (Å²) in [7, 11) is -0.942. The lowest BCUT2D eigenvalue weighted by Gasteiger charge is -2.16. The number of nitrogens with one attached hydrogen (secondary N) is 2. The van der Waals surface area contributed by atoms with E-state index < -0.39 is 10.8 Å². The van der Waals surface area contributed by atoms with Crippen LogP contribution in [0.3, 0.4) is 0 Å². The van der Waals surface area contributed by atoms with Crippen molar-refractivity contribution in [1.29, 1.82) is 0 Å². The number of carbonyl (C=O) groups is 1. The number of halogens is 1. The van der Waals surface area contributed by atoms with Crippen LogP contribution in [0, 0.1) is 0 Å². The molecule has 0 aliphatic carbocycles. The summed E-state index contributed by atoms with van der Waals surface area (Å²) in [5.74, 6) is 0.427. The zero-order chi connectivity index (χ0) is 16.0. The van der Waals surface area contributed by atoms with Crippen LogP contribution in [-0.4, -0.2) is 33.5 Å². The Kier molecular flexibility index (Phi) is 7.56. The summed E-state index contributed by atoms with van der Waals surface area (Å²) in [5.41, 5.74) is 0.684. The molecule has 0 saturated heterocycles. The lowest BCUT2D eigenvalue weighted by atomic mass is 10.3. The number of amides is 2. The Bertz CT molecular complexity index is 524. The molecule has 0 aliphatic rings. The monoisotopic (exact) mass is 348 g/mol. The molecule has 21 heavy (non-hydrogen) atoms. The average Bonchev–Trinajstić information content (AvgIpc) is 2.31. The summed E-state index contributed by atoms with van der Waals surface area (Å²) in [4.78, 5) is 12.8. The zero-order valence-corrected chi connectivity index (χ0v) is 15.0. The van der Waals surface area contributed by atoms with Gasteiger partial charge in [0.15, 0.2) is 0 Å². The van der Waals surface area contributed by atoms with Crippen LogP contribution in [0.2, 0.25) is 5.02 Å². The normalized spacial score (nSPS) is 13.8. The van der Waals surface area contributed by atoms with Gasteiger partial charge in [0.2, 0.25) is 0 Å². The van der Waals surface area contributed by atoms with Crippen molar-refractivity contribution in [3.05, 3.63) is 23.2 Å². The van der Waals surface area contributed by atoms with E-state index in [1.165, 1.54) is 0 Å². The van der Waals surface area contributed by atoms with Gasteiger partial charge in [0.25, 0.3) is 0 Å². The van der Waals surface area contributed by atoms with E-state index >= 15 is 0 Å². The molecule has 0 heterocycles. The standard InChI is InChI=1S/C14H21ClN2O2S2/c1-9(2)20-13-11(15)6-5-7-12(13)17-14(18)16-10(3)8-21(4)19/h5-7,9-10H,8H2,1-4H3,(H2,16,17,18)/t10-,21+/m0/s1. The van der Waals surface area contributed by atoms with Gasteiger partial charge in [0.05, 0.1) is 10.7 Å². The number of anilines is 1. The molecule has 0 radical (unpaired) electrons. The number of urea groups is 1. The first kappa shape index (κ1) is 18.3. The molecule has 2 N–H and O–H groups in total. The minimum atomic E-state index is -0.942. The summed E-state index contributed by atoms with van der Waals surface area (Å²) in [6, 6.07) is 4.95. The van der Waals surface area contributed by atoms with Crippen molar-refractivity contribution in [2.75, 3.05) is 17.3 Å². The molecule has 1 aromatic rings. The van der Waals surface area contributed by atoms with Crippen molar-refractivity contribution in [2.45, 2.75) is 37.0 Å². The van der Waals surface area contributed by atoms with Crippen LogP contribution in [0.15, 0.2) is 23.1 Å². The maximum Gasteiger partial charge on any atom is 0.319 e. The Labute approximate surface area is 137 Å². The topological polar surface area (TPSA) is 58.2 Å². The number of hydrogen-bond donors (Lipinski definition) is 2. The number of thioether (sulfide) groups is 1. The summed E-state index contributed by atoms with van der Waals surface area (Å²) in [5, 5.41) is 6.55.